The van der Waals surface area contributed by atoms with Gasteiger partial charge in [0, 0.05) is 53.1 Å². The highest BCUT2D eigenvalue weighted by Gasteiger charge is 2.23. The lowest BCUT2D eigenvalue weighted by atomic mass is 10.0. The highest BCUT2D eigenvalue weighted by Crippen LogP contribution is 2.41. The van der Waals surface area contributed by atoms with Gasteiger partial charge in [-0.1, -0.05) is 24.3 Å². The number of rotatable bonds is 8. The van der Waals surface area contributed by atoms with Gasteiger partial charge in [-0.05, 0) is 45.4 Å². The molecule has 3 heterocycles. The Kier molecular flexibility index (Phi) is 7.39. The molecule has 0 unspecified atom stereocenters. The van der Waals surface area contributed by atoms with E-state index in [1.54, 1.807) is 43.6 Å². The third-order valence-corrected chi connectivity index (χ3v) is 7.79. The van der Waals surface area contributed by atoms with Crippen LogP contribution in [0.25, 0.3) is 22.0 Å². The van der Waals surface area contributed by atoms with Crippen LogP contribution in [0.1, 0.15) is 25.3 Å². The van der Waals surface area contributed by atoms with Gasteiger partial charge in [-0.2, -0.15) is 0 Å². The molecular formula is C27H29FN6O3S. The Hall–Kier alpha value is -3.83. The second kappa shape index (κ2) is 10.9. The second-order valence-electron chi connectivity index (χ2n) is 9.12. The number of hydrogen-bond acceptors (Lipinski definition) is 8. The Bertz CT molecular complexity index is 1570. The second-order valence-corrected chi connectivity index (χ2v) is 11.1. The van der Waals surface area contributed by atoms with Gasteiger partial charge < -0.3 is 15.4 Å². The first-order valence-electron chi connectivity index (χ1n) is 12.5. The number of anilines is 2. The van der Waals surface area contributed by atoms with E-state index in [-0.39, 0.29) is 34.7 Å². The summed E-state index contributed by atoms with van der Waals surface area (Å²) in [5, 5.41) is 7.76. The Morgan fingerprint density at radius 3 is 2.66 bits per heavy atom. The number of benzene rings is 2. The fourth-order valence-electron chi connectivity index (χ4n) is 4.50. The predicted octanol–water partition coefficient (Wildman–Crippen LogP) is 4.86. The van der Waals surface area contributed by atoms with Crippen LogP contribution in [0.5, 0.6) is 11.6 Å². The van der Waals surface area contributed by atoms with Crippen LogP contribution in [0, 0.1) is 12.7 Å². The van der Waals surface area contributed by atoms with Crippen molar-refractivity contribution >= 4 is 32.3 Å². The number of hydrogen-bond donors (Lipinski definition) is 3. The highest BCUT2D eigenvalue weighted by atomic mass is 32.2. The summed E-state index contributed by atoms with van der Waals surface area (Å²) in [4.78, 5) is 13.4. The van der Waals surface area contributed by atoms with E-state index in [1.807, 2.05) is 12.1 Å². The summed E-state index contributed by atoms with van der Waals surface area (Å²) in [5.74, 6) is 0.255. The Balaban J connectivity index is 1.54. The third kappa shape index (κ3) is 5.39. The van der Waals surface area contributed by atoms with Crippen LogP contribution in [0.3, 0.4) is 0 Å². The fraction of sp³-hybridized carbons (Fsp3) is 0.296. The molecule has 5 rings (SSSR count). The molecule has 3 N–H and O–H groups in total. The average molecular weight is 537 g/mol. The lowest BCUT2D eigenvalue weighted by molar-refractivity contribution is 0.459. The number of sulfonamides is 1. The van der Waals surface area contributed by atoms with Crippen molar-refractivity contribution in [2.45, 2.75) is 32.7 Å². The molecule has 2 aromatic heterocycles. The summed E-state index contributed by atoms with van der Waals surface area (Å²) in [5.41, 5.74) is 1.26. The molecule has 11 heteroatoms. The maximum atomic E-state index is 15.6. The minimum Gasteiger partial charge on any atom is -0.436 e. The SMILES string of the molecule is CCS(=O)(=O)Nc1c(F)c(C)c(Oc2nccnc2-c2ccnc(N[C@H]3CCCNC3)c2)c2ccccc12. The topological polar surface area (TPSA) is 118 Å². The van der Waals surface area contributed by atoms with Crippen LogP contribution < -0.4 is 20.1 Å². The van der Waals surface area contributed by atoms with Crippen LogP contribution >= 0.6 is 0 Å². The van der Waals surface area contributed by atoms with Gasteiger partial charge in [0.1, 0.15) is 17.3 Å². The van der Waals surface area contributed by atoms with Gasteiger partial charge in [-0.3, -0.25) is 4.72 Å². The number of aromatic nitrogens is 3. The number of ether oxygens (including phenoxy) is 1. The summed E-state index contributed by atoms with van der Waals surface area (Å²) in [6.07, 6.45) is 6.92. The fourth-order valence-corrected chi connectivity index (χ4v) is 5.16. The molecule has 9 nitrogen and oxygen atoms in total. The van der Waals surface area contributed by atoms with Crippen molar-refractivity contribution in [3.63, 3.8) is 0 Å². The number of nitrogens with zero attached hydrogens (tertiary/aromatic N) is 3. The predicted molar refractivity (Wildman–Crippen MR) is 147 cm³/mol. The monoisotopic (exact) mass is 536 g/mol. The Morgan fingerprint density at radius 2 is 1.89 bits per heavy atom. The van der Waals surface area contributed by atoms with Gasteiger partial charge in [0.25, 0.3) is 0 Å². The van der Waals surface area contributed by atoms with Gasteiger partial charge in [0.05, 0.1) is 11.4 Å². The average Bonchev–Trinajstić information content (AvgIpc) is 2.94. The van der Waals surface area contributed by atoms with Gasteiger partial charge in [-0.15, -0.1) is 0 Å². The van der Waals surface area contributed by atoms with Gasteiger partial charge >= 0.3 is 0 Å². The van der Waals surface area contributed by atoms with E-state index in [2.05, 4.69) is 30.3 Å². The summed E-state index contributed by atoms with van der Waals surface area (Å²) in [7, 11) is -3.70. The Morgan fingerprint density at radius 1 is 1.11 bits per heavy atom. The molecule has 1 aliphatic rings. The van der Waals surface area contributed by atoms with Crippen molar-refractivity contribution in [2.24, 2.45) is 0 Å². The van der Waals surface area contributed by atoms with Crippen LogP contribution in [0.2, 0.25) is 0 Å². The third-order valence-electron chi connectivity index (χ3n) is 6.51. The minimum atomic E-state index is -3.70. The number of nitrogens with one attached hydrogen (secondary N) is 3. The van der Waals surface area contributed by atoms with Crippen molar-refractivity contribution in [3.8, 4) is 22.9 Å². The highest BCUT2D eigenvalue weighted by molar-refractivity contribution is 7.92. The molecule has 1 aliphatic heterocycles. The first kappa shape index (κ1) is 25.8. The lowest BCUT2D eigenvalue weighted by Gasteiger charge is -2.24. The number of halogens is 1. The summed E-state index contributed by atoms with van der Waals surface area (Å²) < 4.78 is 48.8. The van der Waals surface area contributed by atoms with Gasteiger partial charge in [0.15, 0.2) is 5.82 Å². The van der Waals surface area contributed by atoms with E-state index in [4.69, 9.17) is 4.74 Å². The van der Waals surface area contributed by atoms with Crippen LogP contribution in [0.4, 0.5) is 15.9 Å². The molecular weight excluding hydrogens is 507 g/mol. The summed E-state index contributed by atoms with van der Waals surface area (Å²) in [6.45, 7) is 4.93. The lowest BCUT2D eigenvalue weighted by Crippen LogP contribution is -2.38. The van der Waals surface area contributed by atoms with Crippen molar-refractivity contribution in [3.05, 3.63) is 66.4 Å². The van der Waals surface area contributed by atoms with Crippen molar-refractivity contribution in [2.75, 3.05) is 28.9 Å². The van der Waals surface area contributed by atoms with E-state index in [0.717, 1.165) is 31.5 Å². The van der Waals surface area contributed by atoms with Gasteiger partial charge in [0.2, 0.25) is 15.9 Å². The molecule has 198 valence electrons. The molecule has 0 bridgehead atoms. The first-order chi connectivity index (χ1) is 18.4. The number of fused-ring (bicyclic) bond motifs is 1. The normalized spacial score (nSPS) is 15.8. The molecule has 4 aromatic rings. The van der Waals surface area contributed by atoms with E-state index in [9.17, 15) is 8.42 Å². The van der Waals surface area contributed by atoms with Gasteiger partial charge in [-0.25, -0.2) is 27.8 Å². The van der Waals surface area contributed by atoms with Crippen molar-refractivity contribution < 1.29 is 17.5 Å². The molecule has 0 spiro atoms. The maximum absolute atomic E-state index is 15.6. The van der Waals surface area contributed by atoms with E-state index >= 15 is 4.39 Å². The molecule has 0 saturated carbocycles. The Labute approximate surface area is 220 Å². The molecule has 1 saturated heterocycles. The summed E-state index contributed by atoms with van der Waals surface area (Å²) >= 11 is 0. The van der Waals surface area contributed by atoms with Crippen LogP contribution in [-0.2, 0) is 10.0 Å². The molecule has 0 amide bonds. The summed E-state index contributed by atoms with van der Waals surface area (Å²) in [6, 6.07) is 10.9. The van der Waals surface area contributed by atoms with E-state index in [1.165, 1.54) is 13.1 Å². The van der Waals surface area contributed by atoms with Crippen LogP contribution in [0.15, 0.2) is 55.0 Å². The molecule has 0 aliphatic carbocycles. The molecule has 1 atom stereocenters. The maximum Gasteiger partial charge on any atom is 0.246 e. The van der Waals surface area contributed by atoms with E-state index < -0.39 is 15.8 Å². The smallest absolute Gasteiger partial charge is 0.246 e. The molecule has 38 heavy (non-hydrogen) atoms. The zero-order chi connectivity index (χ0) is 26.7. The number of piperidine rings is 1. The largest absolute Gasteiger partial charge is 0.436 e. The zero-order valence-electron chi connectivity index (χ0n) is 21.2. The molecule has 2 aromatic carbocycles. The quantitative estimate of drug-likeness (QED) is 0.292. The van der Waals surface area contributed by atoms with Crippen molar-refractivity contribution in [1.82, 2.24) is 20.3 Å². The standard InChI is InChI=1S/C27H29FN6O3S/c1-3-38(35,36)34-25-20-8-4-5-9-21(20)26(17(2)23(25)28)37-27-24(31-13-14-32-27)18-10-12-30-22(15-18)33-19-7-6-11-29-16-19/h4-5,8-10,12-15,19,29,34H,3,6-7,11,16H2,1-2H3,(H,30,33)/t19-/m0/s1. The number of pyridine rings is 1. The minimum absolute atomic E-state index is 0.103. The molecule has 0 radical (unpaired) electrons. The zero-order valence-corrected chi connectivity index (χ0v) is 22.0. The van der Waals surface area contributed by atoms with E-state index in [0.29, 0.717) is 22.3 Å². The first-order valence-corrected chi connectivity index (χ1v) is 14.2. The van der Waals surface area contributed by atoms with Crippen molar-refractivity contribution in [1.29, 1.82) is 0 Å². The van der Waals surface area contributed by atoms with Crippen LogP contribution in [-0.4, -0.2) is 48.3 Å². The molecule has 1 fully saturated rings.